The molecule has 2 N–H and O–H groups in total. The Kier molecular flexibility index (Phi) is 7.61. The van der Waals surface area contributed by atoms with Crippen LogP contribution in [0.1, 0.15) is 31.6 Å². The lowest BCUT2D eigenvalue weighted by Gasteiger charge is -2.18. The van der Waals surface area contributed by atoms with Gasteiger partial charge in [0.05, 0.1) is 2.88 Å². The van der Waals surface area contributed by atoms with Gasteiger partial charge in [-0.2, -0.15) is 0 Å². The van der Waals surface area contributed by atoms with Gasteiger partial charge >= 0.3 is 0 Å². The highest BCUT2D eigenvalue weighted by atomic mass is 127. The fraction of sp³-hybridized carbons (Fsp3) is 0.625. The van der Waals surface area contributed by atoms with Crippen molar-refractivity contribution in [1.82, 2.24) is 15.5 Å². The molecule has 0 saturated carbocycles. The molecule has 0 spiro atoms. The van der Waals surface area contributed by atoms with E-state index in [2.05, 4.69) is 57.3 Å². The number of carbonyl (C=O) groups excluding carboxylic acids is 1. The second-order valence-corrected chi connectivity index (χ2v) is 8.60. The molecule has 2 rings (SSSR count). The Morgan fingerprint density at radius 1 is 1.48 bits per heavy atom. The predicted octanol–water partition coefficient (Wildman–Crippen LogP) is 2.46. The Morgan fingerprint density at radius 3 is 2.96 bits per heavy atom. The normalized spacial score (nSPS) is 18.3. The van der Waals surface area contributed by atoms with Crippen LogP contribution in [0.5, 0.6) is 0 Å². The minimum atomic E-state index is 0.239. The number of guanidine groups is 1. The van der Waals surface area contributed by atoms with Crippen molar-refractivity contribution in [1.29, 1.82) is 0 Å². The van der Waals surface area contributed by atoms with Gasteiger partial charge < -0.3 is 15.5 Å². The van der Waals surface area contributed by atoms with Gasteiger partial charge in [-0.25, -0.2) is 0 Å². The first-order chi connectivity index (χ1) is 11.1. The summed E-state index contributed by atoms with van der Waals surface area (Å²) in [6.45, 7) is 7.22. The predicted molar refractivity (Wildman–Crippen MR) is 105 cm³/mol. The monoisotopic (exact) mass is 448 g/mol. The summed E-state index contributed by atoms with van der Waals surface area (Å²) in [4.78, 5) is 19.7. The van der Waals surface area contributed by atoms with Gasteiger partial charge in [0.25, 0.3) is 0 Å². The molecule has 128 valence electrons. The molecule has 23 heavy (non-hydrogen) atoms. The number of carbonyl (C=O) groups is 1. The minimum absolute atomic E-state index is 0.239. The van der Waals surface area contributed by atoms with E-state index in [1.165, 1.54) is 7.76 Å². The number of amides is 1. The zero-order valence-electron chi connectivity index (χ0n) is 13.8. The van der Waals surface area contributed by atoms with Gasteiger partial charge in [-0.3, -0.25) is 9.79 Å². The first kappa shape index (κ1) is 18.5. The lowest BCUT2D eigenvalue weighted by atomic mass is 10.3. The SMILES string of the molecule is CCNC(=NCCc1ccc(I)s1)NC1CCN(C(=O)CC)C1. The van der Waals surface area contributed by atoms with Crippen molar-refractivity contribution in [2.45, 2.75) is 39.2 Å². The number of halogens is 1. The van der Waals surface area contributed by atoms with Crippen LogP contribution in [-0.4, -0.2) is 49.0 Å². The third-order valence-corrected chi connectivity index (χ3v) is 5.74. The molecule has 1 unspecified atom stereocenters. The van der Waals surface area contributed by atoms with Crippen LogP contribution in [0.2, 0.25) is 0 Å². The van der Waals surface area contributed by atoms with Crippen molar-refractivity contribution < 1.29 is 4.79 Å². The summed E-state index contributed by atoms with van der Waals surface area (Å²) in [6, 6.07) is 4.62. The maximum atomic E-state index is 11.8. The number of aliphatic imine (C=N–C) groups is 1. The van der Waals surface area contributed by atoms with Gasteiger partial charge in [0, 0.05) is 49.9 Å². The molecule has 5 nitrogen and oxygen atoms in total. The zero-order valence-corrected chi connectivity index (χ0v) is 16.7. The number of rotatable bonds is 6. The van der Waals surface area contributed by atoms with Gasteiger partial charge in [-0.1, -0.05) is 6.92 Å². The zero-order chi connectivity index (χ0) is 16.7. The Labute approximate surface area is 156 Å². The molecule has 1 aromatic rings. The van der Waals surface area contributed by atoms with Crippen molar-refractivity contribution in [3.05, 3.63) is 19.9 Å². The first-order valence-electron chi connectivity index (χ1n) is 8.19. The molecular formula is C16H25IN4OS. The Balaban J connectivity index is 1.83. The third-order valence-electron chi connectivity index (χ3n) is 3.79. The van der Waals surface area contributed by atoms with Crippen molar-refractivity contribution in [2.24, 2.45) is 4.99 Å². The van der Waals surface area contributed by atoms with Gasteiger partial charge in [0.2, 0.25) is 5.91 Å². The Bertz CT molecular complexity index is 546. The van der Waals surface area contributed by atoms with Crippen molar-refractivity contribution in [2.75, 3.05) is 26.2 Å². The highest BCUT2D eigenvalue weighted by Gasteiger charge is 2.25. The number of hydrogen-bond acceptors (Lipinski definition) is 3. The fourth-order valence-electron chi connectivity index (χ4n) is 2.61. The van der Waals surface area contributed by atoms with Crippen LogP contribution in [0.3, 0.4) is 0 Å². The topological polar surface area (TPSA) is 56.7 Å². The van der Waals surface area contributed by atoms with Crippen LogP contribution < -0.4 is 10.6 Å². The lowest BCUT2D eigenvalue weighted by Crippen LogP contribution is -2.45. The first-order valence-corrected chi connectivity index (χ1v) is 10.1. The molecule has 1 aromatic heterocycles. The molecule has 1 fully saturated rings. The second-order valence-electron chi connectivity index (χ2n) is 5.54. The highest BCUT2D eigenvalue weighted by Crippen LogP contribution is 2.18. The fourth-order valence-corrected chi connectivity index (χ4v) is 4.35. The van der Waals surface area contributed by atoms with Crippen molar-refractivity contribution in [3.8, 4) is 0 Å². The largest absolute Gasteiger partial charge is 0.357 e. The average molecular weight is 448 g/mol. The summed E-state index contributed by atoms with van der Waals surface area (Å²) < 4.78 is 1.32. The van der Waals surface area contributed by atoms with E-state index in [1.807, 2.05) is 23.2 Å². The third kappa shape index (κ3) is 5.95. The van der Waals surface area contributed by atoms with Crippen LogP contribution in [-0.2, 0) is 11.2 Å². The van der Waals surface area contributed by atoms with Crippen LogP contribution in [0.4, 0.5) is 0 Å². The van der Waals surface area contributed by atoms with E-state index >= 15 is 0 Å². The maximum absolute atomic E-state index is 11.8. The smallest absolute Gasteiger partial charge is 0.222 e. The van der Waals surface area contributed by atoms with E-state index in [0.29, 0.717) is 12.5 Å². The average Bonchev–Trinajstić information content (AvgIpc) is 3.16. The van der Waals surface area contributed by atoms with E-state index in [-0.39, 0.29) is 5.91 Å². The van der Waals surface area contributed by atoms with E-state index in [4.69, 9.17) is 0 Å². The van der Waals surface area contributed by atoms with Gasteiger partial charge in [-0.05, 0) is 48.1 Å². The molecule has 1 aliphatic rings. The van der Waals surface area contributed by atoms with Crippen LogP contribution >= 0.6 is 33.9 Å². The van der Waals surface area contributed by atoms with Gasteiger partial charge in [0.1, 0.15) is 0 Å². The summed E-state index contributed by atoms with van der Waals surface area (Å²) in [5, 5.41) is 6.76. The van der Waals surface area contributed by atoms with Crippen LogP contribution in [0.25, 0.3) is 0 Å². The quantitative estimate of drug-likeness (QED) is 0.400. The molecule has 0 aromatic carbocycles. The molecule has 1 atom stereocenters. The Morgan fingerprint density at radius 2 is 2.30 bits per heavy atom. The number of hydrogen-bond donors (Lipinski definition) is 2. The van der Waals surface area contributed by atoms with Crippen LogP contribution in [0.15, 0.2) is 17.1 Å². The Hall–Kier alpha value is -0.830. The van der Waals surface area contributed by atoms with Crippen molar-refractivity contribution >= 4 is 45.8 Å². The molecule has 0 aliphatic carbocycles. The summed E-state index contributed by atoms with van der Waals surface area (Å²) >= 11 is 4.17. The molecule has 1 saturated heterocycles. The molecule has 1 aliphatic heterocycles. The minimum Gasteiger partial charge on any atom is -0.357 e. The van der Waals surface area contributed by atoms with Crippen LogP contribution in [0, 0.1) is 2.88 Å². The number of nitrogens with one attached hydrogen (secondary N) is 2. The molecular weight excluding hydrogens is 423 g/mol. The van der Waals surface area contributed by atoms with E-state index in [1.54, 1.807) is 0 Å². The molecule has 0 bridgehead atoms. The summed E-state index contributed by atoms with van der Waals surface area (Å²) in [6.07, 6.45) is 2.54. The summed E-state index contributed by atoms with van der Waals surface area (Å²) in [5.74, 6) is 1.10. The summed E-state index contributed by atoms with van der Waals surface area (Å²) in [5.41, 5.74) is 0. The number of likely N-dealkylation sites (tertiary alicyclic amines) is 1. The molecule has 1 amide bonds. The van der Waals surface area contributed by atoms with E-state index in [9.17, 15) is 4.79 Å². The number of nitrogens with zero attached hydrogens (tertiary/aromatic N) is 2. The van der Waals surface area contributed by atoms with E-state index < -0.39 is 0 Å². The highest BCUT2D eigenvalue weighted by molar-refractivity contribution is 14.1. The molecule has 7 heteroatoms. The van der Waals surface area contributed by atoms with Crippen molar-refractivity contribution in [3.63, 3.8) is 0 Å². The molecule has 0 radical (unpaired) electrons. The lowest BCUT2D eigenvalue weighted by molar-refractivity contribution is -0.129. The van der Waals surface area contributed by atoms with Gasteiger partial charge in [-0.15, -0.1) is 11.3 Å². The second kappa shape index (κ2) is 9.46. The molecule has 2 heterocycles. The van der Waals surface area contributed by atoms with Gasteiger partial charge in [0.15, 0.2) is 5.96 Å². The number of thiophene rings is 1. The maximum Gasteiger partial charge on any atom is 0.222 e. The standard InChI is InChI=1S/C16H25IN4OS/c1-3-15(22)21-10-8-12(11-21)20-16(18-4-2)19-9-7-13-5-6-14(17)23-13/h5-6,12H,3-4,7-11H2,1-2H3,(H2,18,19,20). The van der Waals surface area contributed by atoms with E-state index in [0.717, 1.165) is 45.0 Å². The summed E-state index contributed by atoms with van der Waals surface area (Å²) in [7, 11) is 0.